The number of piperazine rings is 1. The molecule has 2 aliphatic heterocycles. The Labute approximate surface area is 154 Å². The van der Waals surface area contributed by atoms with Crippen molar-refractivity contribution in [3.8, 4) is 0 Å². The van der Waals surface area contributed by atoms with Crippen LogP contribution in [-0.4, -0.2) is 54.4 Å². The predicted molar refractivity (Wildman–Crippen MR) is 98.8 cm³/mol. The topological polar surface area (TPSA) is 56.8 Å². The number of nitrogens with zero attached hydrogens (tertiary/aromatic N) is 4. The van der Waals surface area contributed by atoms with Crippen LogP contribution in [0.1, 0.15) is 10.4 Å². The summed E-state index contributed by atoms with van der Waals surface area (Å²) >= 11 is 3.47. The molecular formula is C18H17BrN4O2. The fraction of sp³-hybridized carbons (Fsp3) is 0.278. The van der Waals surface area contributed by atoms with E-state index in [1.54, 1.807) is 23.2 Å². The second kappa shape index (κ2) is 6.57. The molecule has 3 heterocycles. The first-order valence-corrected chi connectivity index (χ1v) is 8.97. The number of carbonyl (C=O) groups excluding carboxylic acids is 2. The first-order valence-electron chi connectivity index (χ1n) is 8.18. The van der Waals surface area contributed by atoms with E-state index < -0.39 is 11.7 Å². The molecule has 0 spiro atoms. The van der Waals surface area contributed by atoms with Gasteiger partial charge in [-0.05, 0) is 40.2 Å². The van der Waals surface area contributed by atoms with Crippen molar-refractivity contribution in [3.63, 3.8) is 0 Å². The summed E-state index contributed by atoms with van der Waals surface area (Å²) < 4.78 is 0.774. The Morgan fingerprint density at radius 2 is 1.80 bits per heavy atom. The van der Waals surface area contributed by atoms with Gasteiger partial charge >= 0.3 is 5.91 Å². The number of halogens is 1. The van der Waals surface area contributed by atoms with Crippen LogP contribution in [0.15, 0.2) is 47.1 Å². The molecule has 1 amide bonds. The third-order valence-corrected chi connectivity index (χ3v) is 5.27. The molecule has 2 aliphatic rings. The molecule has 1 saturated heterocycles. The van der Waals surface area contributed by atoms with Crippen LogP contribution in [0.4, 0.5) is 11.5 Å². The van der Waals surface area contributed by atoms with Gasteiger partial charge in [0.25, 0.3) is 5.78 Å². The van der Waals surface area contributed by atoms with Crippen molar-refractivity contribution >= 4 is 39.1 Å². The highest BCUT2D eigenvalue weighted by Crippen LogP contribution is 2.36. The molecule has 25 heavy (non-hydrogen) atoms. The summed E-state index contributed by atoms with van der Waals surface area (Å²) in [5, 5.41) is 0. The van der Waals surface area contributed by atoms with Crippen molar-refractivity contribution in [2.45, 2.75) is 0 Å². The lowest BCUT2D eigenvalue weighted by Gasteiger charge is -2.37. The van der Waals surface area contributed by atoms with Crippen molar-refractivity contribution in [1.82, 2.24) is 9.88 Å². The summed E-state index contributed by atoms with van der Waals surface area (Å²) in [7, 11) is 0. The zero-order valence-electron chi connectivity index (χ0n) is 13.6. The van der Waals surface area contributed by atoms with Crippen molar-refractivity contribution in [1.29, 1.82) is 0 Å². The molecule has 0 aliphatic carbocycles. The largest absolute Gasteiger partial charge is 0.354 e. The number of para-hydroxylation sites is 1. The van der Waals surface area contributed by atoms with Gasteiger partial charge in [-0.1, -0.05) is 12.1 Å². The molecule has 1 aromatic carbocycles. The lowest BCUT2D eigenvalue weighted by Crippen LogP contribution is -2.51. The molecule has 0 saturated carbocycles. The van der Waals surface area contributed by atoms with Crippen molar-refractivity contribution in [2.24, 2.45) is 0 Å². The van der Waals surface area contributed by atoms with Crippen molar-refractivity contribution in [2.75, 3.05) is 42.6 Å². The van der Waals surface area contributed by atoms with Crippen LogP contribution in [0.3, 0.4) is 0 Å². The van der Waals surface area contributed by atoms with Crippen molar-refractivity contribution in [3.05, 3.63) is 52.6 Å². The van der Waals surface area contributed by atoms with Crippen LogP contribution in [0.5, 0.6) is 0 Å². The van der Waals surface area contributed by atoms with Gasteiger partial charge in [-0.15, -0.1) is 0 Å². The SMILES string of the molecule is O=C1C(=O)N(CN2CCN(c3ccccn3)CC2)c2c(Br)cccc21. The van der Waals surface area contributed by atoms with Gasteiger partial charge in [0, 0.05) is 36.8 Å². The Morgan fingerprint density at radius 1 is 1.00 bits per heavy atom. The molecule has 4 rings (SSSR count). The second-order valence-electron chi connectivity index (χ2n) is 6.13. The van der Waals surface area contributed by atoms with Gasteiger partial charge in [-0.2, -0.15) is 0 Å². The predicted octanol–water partition coefficient (Wildman–Crippen LogP) is 2.15. The van der Waals surface area contributed by atoms with Gasteiger partial charge in [-0.25, -0.2) is 4.98 Å². The minimum Gasteiger partial charge on any atom is -0.354 e. The molecule has 7 heteroatoms. The summed E-state index contributed by atoms with van der Waals surface area (Å²) in [6.07, 6.45) is 1.80. The lowest BCUT2D eigenvalue weighted by atomic mass is 10.1. The Morgan fingerprint density at radius 3 is 2.52 bits per heavy atom. The maximum absolute atomic E-state index is 12.4. The smallest absolute Gasteiger partial charge is 0.300 e. The minimum absolute atomic E-state index is 0.427. The normalized spacial score (nSPS) is 18.0. The molecule has 128 valence electrons. The summed E-state index contributed by atoms with van der Waals surface area (Å²) in [5.74, 6) is 0.0974. The molecule has 0 N–H and O–H groups in total. The standard InChI is InChI=1S/C18H17BrN4O2/c19-14-5-3-4-13-16(14)23(18(25)17(13)24)12-21-8-10-22(11-9-21)15-6-1-2-7-20-15/h1-7H,8-12H2. The molecular weight excluding hydrogens is 384 g/mol. The zero-order chi connectivity index (χ0) is 17.4. The van der Waals surface area contributed by atoms with E-state index in [1.807, 2.05) is 24.3 Å². The maximum Gasteiger partial charge on any atom is 0.300 e. The fourth-order valence-corrected chi connectivity index (χ4v) is 3.89. The molecule has 0 atom stereocenters. The number of carbonyl (C=O) groups is 2. The van der Waals surface area contributed by atoms with Gasteiger partial charge in [0.1, 0.15) is 5.82 Å². The highest BCUT2D eigenvalue weighted by atomic mass is 79.9. The number of aromatic nitrogens is 1. The van der Waals surface area contributed by atoms with E-state index in [4.69, 9.17) is 0 Å². The van der Waals surface area contributed by atoms with Crippen LogP contribution < -0.4 is 9.80 Å². The first-order chi connectivity index (χ1) is 12.1. The third kappa shape index (κ3) is 2.94. The van der Waals surface area contributed by atoms with E-state index in [9.17, 15) is 9.59 Å². The monoisotopic (exact) mass is 400 g/mol. The zero-order valence-corrected chi connectivity index (χ0v) is 15.1. The van der Waals surface area contributed by atoms with Crippen LogP contribution >= 0.6 is 15.9 Å². The Kier molecular flexibility index (Phi) is 4.27. The Hall–Kier alpha value is -2.25. The summed E-state index contributed by atoms with van der Waals surface area (Å²) in [5.41, 5.74) is 1.16. The maximum atomic E-state index is 12.4. The van der Waals surface area contributed by atoms with Crippen LogP contribution in [0, 0.1) is 0 Å². The van der Waals surface area contributed by atoms with Gasteiger partial charge in [0.2, 0.25) is 0 Å². The number of ketones is 1. The van der Waals surface area contributed by atoms with E-state index in [1.165, 1.54) is 0 Å². The number of hydrogen-bond acceptors (Lipinski definition) is 5. The first kappa shape index (κ1) is 16.2. The number of benzene rings is 1. The van der Waals surface area contributed by atoms with E-state index in [-0.39, 0.29) is 0 Å². The number of anilines is 2. The van der Waals surface area contributed by atoms with Gasteiger partial charge < -0.3 is 4.90 Å². The molecule has 0 unspecified atom stereocenters. The Bertz CT molecular complexity index is 819. The van der Waals surface area contributed by atoms with Gasteiger partial charge in [-0.3, -0.25) is 19.4 Å². The Balaban J connectivity index is 1.46. The van der Waals surface area contributed by atoms with Gasteiger partial charge in [0.15, 0.2) is 0 Å². The molecule has 1 fully saturated rings. The molecule has 2 aromatic rings. The quantitative estimate of drug-likeness (QED) is 0.738. The molecule has 0 bridgehead atoms. The minimum atomic E-state index is -0.450. The number of hydrogen-bond donors (Lipinski definition) is 0. The number of amides is 1. The van der Waals surface area contributed by atoms with E-state index in [2.05, 4.69) is 30.7 Å². The van der Waals surface area contributed by atoms with Crippen molar-refractivity contribution < 1.29 is 9.59 Å². The van der Waals surface area contributed by atoms with Crippen LogP contribution in [0.2, 0.25) is 0 Å². The summed E-state index contributed by atoms with van der Waals surface area (Å²) in [6.45, 7) is 3.74. The summed E-state index contributed by atoms with van der Waals surface area (Å²) in [6, 6.07) is 11.2. The average molecular weight is 401 g/mol. The number of Topliss-reactive ketones (excluding diaryl/α,β-unsaturated/α-hetero) is 1. The second-order valence-corrected chi connectivity index (χ2v) is 6.99. The van der Waals surface area contributed by atoms with Crippen LogP contribution in [0.25, 0.3) is 0 Å². The summed E-state index contributed by atoms with van der Waals surface area (Å²) in [4.78, 5) is 35.0. The van der Waals surface area contributed by atoms with E-state index in [0.717, 1.165) is 36.5 Å². The molecule has 1 aromatic heterocycles. The fourth-order valence-electron chi connectivity index (χ4n) is 3.31. The lowest BCUT2D eigenvalue weighted by molar-refractivity contribution is -0.114. The number of pyridine rings is 1. The highest BCUT2D eigenvalue weighted by Gasteiger charge is 2.38. The third-order valence-electron chi connectivity index (χ3n) is 4.63. The average Bonchev–Trinajstić information content (AvgIpc) is 2.89. The highest BCUT2D eigenvalue weighted by molar-refractivity contribution is 9.10. The molecule has 6 nitrogen and oxygen atoms in total. The van der Waals surface area contributed by atoms with E-state index >= 15 is 0 Å². The molecule has 0 radical (unpaired) electrons. The van der Waals surface area contributed by atoms with Gasteiger partial charge in [0.05, 0.1) is 17.9 Å². The number of rotatable bonds is 3. The van der Waals surface area contributed by atoms with Crippen LogP contribution in [-0.2, 0) is 4.79 Å². The number of fused-ring (bicyclic) bond motifs is 1. The van der Waals surface area contributed by atoms with E-state index in [0.29, 0.717) is 17.9 Å².